The minimum atomic E-state index is -0.384. The lowest BCUT2D eigenvalue weighted by Crippen LogP contribution is -2.27. The lowest BCUT2D eigenvalue weighted by atomic mass is 10.1. The monoisotopic (exact) mass is 297 g/mol. The lowest BCUT2D eigenvalue weighted by Gasteiger charge is -2.06. The van der Waals surface area contributed by atoms with Crippen LogP contribution in [0.4, 0.5) is 4.39 Å². The van der Waals surface area contributed by atoms with Gasteiger partial charge in [0.1, 0.15) is 5.82 Å². The number of nitrogens with two attached hydrogens (primary N) is 1. The zero-order valence-electron chi connectivity index (χ0n) is 10.6. The molecule has 1 aromatic carbocycles. The highest BCUT2D eigenvalue weighted by Crippen LogP contribution is 2.25. The summed E-state index contributed by atoms with van der Waals surface area (Å²) in [6.07, 6.45) is 0.178. The van der Waals surface area contributed by atoms with E-state index in [1.54, 1.807) is 12.1 Å². The fourth-order valence-corrected chi connectivity index (χ4v) is 2.40. The third kappa shape index (κ3) is 2.54. The maximum Gasteiger partial charge on any atom is 0.233 e. The van der Waals surface area contributed by atoms with Crippen LogP contribution in [0.2, 0.25) is 5.02 Å². The summed E-state index contributed by atoms with van der Waals surface area (Å²) in [5.41, 5.74) is 6.24. The summed E-state index contributed by atoms with van der Waals surface area (Å²) in [6, 6.07) is 4.38. The van der Waals surface area contributed by atoms with Crippen molar-refractivity contribution in [2.75, 3.05) is 13.2 Å². The standard InChI is InChI=1S/C13H13ClFN3O2/c14-9-2-1-3-10(15)7(9)4-12-17-13(20-18-12)8-5-19-6-11(8)16/h1-3,8,11H,4-6,16H2. The zero-order valence-corrected chi connectivity index (χ0v) is 11.3. The molecule has 2 N–H and O–H groups in total. The first-order valence-electron chi connectivity index (χ1n) is 6.24. The van der Waals surface area contributed by atoms with E-state index >= 15 is 0 Å². The minimum Gasteiger partial charge on any atom is -0.379 e. The van der Waals surface area contributed by atoms with Crippen LogP contribution in [0.1, 0.15) is 23.2 Å². The molecule has 1 saturated heterocycles. The van der Waals surface area contributed by atoms with Gasteiger partial charge in [-0.05, 0) is 12.1 Å². The van der Waals surface area contributed by atoms with E-state index < -0.39 is 0 Å². The summed E-state index contributed by atoms with van der Waals surface area (Å²) in [5, 5.41) is 4.19. The highest BCUT2D eigenvalue weighted by atomic mass is 35.5. The van der Waals surface area contributed by atoms with Gasteiger partial charge in [0, 0.05) is 23.0 Å². The Morgan fingerprint density at radius 2 is 2.25 bits per heavy atom. The summed E-state index contributed by atoms with van der Waals surface area (Å²) in [4.78, 5) is 4.26. The van der Waals surface area contributed by atoms with Crippen LogP contribution in [0.25, 0.3) is 0 Å². The number of ether oxygens (including phenoxy) is 1. The van der Waals surface area contributed by atoms with Crippen LogP contribution in [0.3, 0.4) is 0 Å². The summed E-state index contributed by atoms with van der Waals surface area (Å²) in [7, 11) is 0. The highest BCUT2D eigenvalue weighted by Gasteiger charge is 2.31. The van der Waals surface area contributed by atoms with Gasteiger partial charge in [0.25, 0.3) is 0 Å². The second-order valence-electron chi connectivity index (χ2n) is 4.73. The molecule has 106 valence electrons. The molecule has 5 nitrogen and oxygen atoms in total. The molecule has 0 saturated carbocycles. The van der Waals surface area contributed by atoms with E-state index in [1.807, 2.05) is 0 Å². The molecule has 1 fully saturated rings. The van der Waals surface area contributed by atoms with Gasteiger partial charge in [-0.3, -0.25) is 0 Å². The summed E-state index contributed by atoms with van der Waals surface area (Å²) in [6.45, 7) is 0.935. The molecule has 0 aliphatic carbocycles. The molecule has 0 radical (unpaired) electrons. The van der Waals surface area contributed by atoms with E-state index in [9.17, 15) is 4.39 Å². The molecule has 0 bridgehead atoms. The smallest absolute Gasteiger partial charge is 0.233 e. The number of benzene rings is 1. The molecular weight excluding hydrogens is 285 g/mol. The minimum absolute atomic E-state index is 0.104. The van der Waals surface area contributed by atoms with Gasteiger partial charge >= 0.3 is 0 Å². The highest BCUT2D eigenvalue weighted by molar-refractivity contribution is 6.31. The molecule has 1 aliphatic heterocycles. The fourth-order valence-electron chi connectivity index (χ4n) is 2.17. The molecule has 3 rings (SSSR count). The molecule has 2 atom stereocenters. The van der Waals surface area contributed by atoms with Gasteiger partial charge in [-0.1, -0.05) is 22.8 Å². The molecular formula is C13H13ClFN3O2. The van der Waals surface area contributed by atoms with Crippen LogP contribution in [-0.4, -0.2) is 29.4 Å². The third-order valence-corrected chi connectivity index (χ3v) is 3.68. The Morgan fingerprint density at radius 1 is 1.40 bits per heavy atom. The molecule has 2 unspecified atom stereocenters. The molecule has 0 amide bonds. The average Bonchev–Trinajstić information content (AvgIpc) is 3.02. The van der Waals surface area contributed by atoms with Gasteiger partial charge in [0.15, 0.2) is 5.82 Å². The SMILES string of the molecule is NC1COCC1c1nc(Cc2c(F)cccc2Cl)no1. The topological polar surface area (TPSA) is 74.2 Å². The lowest BCUT2D eigenvalue weighted by molar-refractivity contribution is 0.187. The Hall–Kier alpha value is -1.50. The molecule has 2 heterocycles. The van der Waals surface area contributed by atoms with Gasteiger partial charge in [0.05, 0.1) is 19.1 Å². The number of hydrogen-bond acceptors (Lipinski definition) is 5. The molecule has 20 heavy (non-hydrogen) atoms. The summed E-state index contributed by atoms with van der Waals surface area (Å²) in [5.74, 6) is 0.320. The van der Waals surface area contributed by atoms with E-state index in [4.69, 9.17) is 26.6 Å². The van der Waals surface area contributed by atoms with Crippen molar-refractivity contribution in [3.05, 3.63) is 46.3 Å². The normalized spacial score (nSPS) is 22.4. The van der Waals surface area contributed by atoms with Crippen molar-refractivity contribution in [1.82, 2.24) is 10.1 Å². The van der Waals surface area contributed by atoms with Crippen molar-refractivity contribution in [1.29, 1.82) is 0 Å². The molecule has 2 aromatic rings. The van der Waals surface area contributed by atoms with Crippen molar-refractivity contribution in [2.24, 2.45) is 5.73 Å². The second-order valence-corrected chi connectivity index (χ2v) is 5.14. The van der Waals surface area contributed by atoms with Gasteiger partial charge < -0.3 is 15.0 Å². The van der Waals surface area contributed by atoms with E-state index in [0.29, 0.717) is 35.5 Å². The van der Waals surface area contributed by atoms with E-state index in [1.165, 1.54) is 6.07 Å². The van der Waals surface area contributed by atoms with Crippen LogP contribution < -0.4 is 5.73 Å². The Morgan fingerprint density at radius 3 is 2.95 bits per heavy atom. The number of halogens is 2. The molecule has 1 aromatic heterocycles. The number of rotatable bonds is 3. The third-order valence-electron chi connectivity index (χ3n) is 3.32. The van der Waals surface area contributed by atoms with E-state index in [2.05, 4.69) is 10.1 Å². The first-order chi connectivity index (χ1) is 9.65. The van der Waals surface area contributed by atoms with Crippen molar-refractivity contribution in [3.8, 4) is 0 Å². The first kappa shape index (κ1) is 13.5. The van der Waals surface area contributed by atoms with Gasteiger partial charge in [0.2, 0.25) is 5.89 Å². The molecule has 0 spiro atoms. The van der Waals surface area contributed by atoms with Crippen LogP contribution in [0.15, 0.2) is 22.7 Å². The van der Waals surface area contributed by atoms with Crippen LogP contribution in [0, 0.1) is 5.82 Å². The van der Waals surface area contributed by atoms with Crippen LogP contribution >= 0.6 is 11.6 Å². The maximum absolute atomic E-state index is 13.7. The zero-order chi connectivity index (χ0) is 14.1. The van der Waals surface area contributed by atoms with Gasteiger partial charge in [-0.2, -0.15) is 4.98 Å². The van der Waals surface area contributed by atoms with Crippen LogP contribution in [-0.2, 0) is 11.2 Å². The largest absolute Gasteiger partial charge is 0.379 e. The second kappa shape index (κ2) is 5.47. The Balaban J connectivity index is 1.81. The molecule has 7 heteroatoms. The number of nitrogens with zero attached hydrogens (tertiary/aromatic N) is 2. The van der Waals surface area contributed by atoms with Crippen molar-refractivity contribution >= 4 is 11.6 Å². The average molecular weight is 298 g/mol. The van der Waals surface area contributed by atoms with Crippen molar-refractivity contribution in [2.45, 2.75) is 18.4 Å². The predicted molar refractivity (Wildman–Crippen MR) is 70.0 cm³/mol. The Bertz CT molecular complexity index is 599. The molecule has 1 aliphatic rings. The van der Waals surface area contributed by atoms with E-state index in [0.717, 1.165) is 0 Å². The first-order valence-corrected chi connectivity index (χ1v) is 6.61. The quantitative estimate of drug-likeness (QED) is 0.936. The fraction of sp³-hybridized carbons (Fsp3) is 0.385. The summed E-state index contributed by atoms with van der Waals surface area (Å²) >= 11 is 5.97. The Kier molecular flexibility index (Phi) is 3.69. The number of aromatic nitrogens is 2. The van der Waals surface area contributed by atoms with Gasteiger partial charge in [-0.25, -0.2) is 4.39 Å². The van der Waals surface area contributed by atoms with Crippen molar-refractivity contribution < 1.29 is 13.7 Å². The number of hydrogen-bond donors (Lipinski definition) is 1. The Labute approximate surface area is 119 Å². The van der Waals surface area contributed by atoms with Crippen molar-refractivity contribution in [3.63, 3.8) is 0 Å². The predicted octanol–water partition coefficient (Wildman–Crippen LogP) is 1.89. The van der Waals surface area contributed by atoms with Crippen LogP contribution in [0.5, 0.6) is 0 Å². The maximum atomic E-state index is 13.7. The summed E-state index contributed by atoms with van der Waals surface area (Å²) < 4.78 is 24.1. The van der Waals surface area contributed by atoms with E-state index in [-0.39, 0.29) is 24.2 Å². The van der Waals surface area contributed by atoms with Gasteiger partial charge in [-0.15, -0.1) is 0 Å².